The zero-order chi connectivity index (χ0) is 12.1. The highest BCUT2D eigenvalue weighted by Crippen LogP contribution is 2.18. The van der Waals surface area contributed by atoms with Crippen molar-refractivity contribution in [3.05, 3.63) is 35.4 Å². The van der Waals surface area contributed by atoms with E-state index in [4.69, 9.17) is 0 Å². The largest absolute Gasteiger partial charge is 0.314 e. The summed E-state index contributed by atoms with van der Waals surface area (Å²) in [5.74, 6) is 0. The molecule has 1 aromatic rings. The second-order valence-corrected chi connectivity index (χ2v) is 4.38. The highest BCUT2D eigenvalue weighted by atomic mass is 19.3. The Morgan fingerprint density at radius 2 is 1.76 bits per heavy atom. The summed E-state index contributed by atoms with van der Waals surface area (Å²) >= 11 is 0. The molecule has 0 bridgehead atoms. The first-order valence-electron chi connectivity index (χ1n) is 6.06. The fraction of sp³-hybridized carbons (Fsp3) is 0.538. The zero-order valence-electron chi connectivity index (χ0n) is 9.83. The fourth-order valence-electron chi connectivity index (χ4n) is 2.05. The van der Waals surface area contributed by atoms with Gasteiger partial charge in [-0.25, -0.2) is 8.78 Å². The van der Waals surface area contributed by atoms with Crippen LogP contribution in [-0.4, -0.2) is 37.6 Å². The normalized spacial score (nSPS) is 17.6. The van der Waals surface area contributed by atoms with E-state index >= 15 is 0 Å². The molecule has 0 spiro atoms. The van der Waals surface area contributed by atoms with Crippen LogP contribution in [0.5, 0.6) is 0 Å². The minimum absolute atomic E-state index is 0.107. The van der Waals surface area contributed by atoms with Crippen molar-refractivity contribution in [3.63, 3.8) is 0 Å². The minimum Gasteiger partial charge on any atom is -0.314 e. The van der Waals surface area contributed by atoms with Gasteiger partial charge in [0.15, 0.2) is 0 Å². The minimum atomic E-state index is -2.36. The van der Waals surface area contributed by atoms with Gasteiger partial charge in [0.1, 0.15) is 0 Å². The Kier molecular flexibility index (Phi) is 4.45. The quantitative estimate of drug-likeness (QED) is 0.866. The molecular formula is C13H18F2N2. The molecule has 4 heteroatoms. The topological polar surface area (TPSA) is 15.3 Å². The van der Waals surface area contributed by atoms with E-state index in [0.717, 1.165) is 44.7 Å². The monoisotopic (exact) mass is 240 g/mol. The maximum Gasteiger partial charge on any atom is 0.263 e. The van der Waals surface area contributed by atoms with Gasteiger partial charge in [-0.2, -0.15) is 0 Å². The van der Waals surface area contributed by atoms with Crippen LogP contribution >= 0.6 is 0 Å². The van der Waals surface area contributed by atoms with Gasteiger partial charge in [0.05, 0.1) is 0 Å². The number of nitrogens with one attached hydrogen (secondary N) is 1. The first-order valence-corrected chi connectivity index (χ1v) is 6.06. The van der Waals surface area contributed by atoms with Crippen molar-refractivity contribution < 1.29 is 8.78 Å². The second kappa shape index (κ2) is 6.07. The van der Waals surface area contributed by atoms with E-state index < -0.39 is 6.43 Å². The molecule has 0 unspecified atom stereocenters. The Balaban J connectivity index is 1.82. The predicted molar refractivity (Wildman–Crippen MR) is 64.4 cm³/mol. The summed E-state index contributed by atoms with van der Waals surface area (Å²) < 4.78 is 24.7. The van der Waals surface area contributed by atoms with Gasteiger partial charge in [-0.15, -0.1) is 0 Å². The van der Waals surface area contributed by atoms with E-state index in [9.17, 15) is 8.78 Å². The van der Waals surface area contributed by atoms with Crippen LogP contribution in [0.1, 0.15) is 17.6 Å². The van der Waals surface area contributed by atoms with E-state index in [1.54, 1.807) is 0 Å². The Bertz CT molecular complexity index is 332. The van der Waals surface area contributed by atoms with Crippen LogP contribution in [0.15, 0.2) is 24.3 Å². The molecule has 94 valence electrons. The molecule has 0 radical (unpaired) electrons. The molecule has 17 heavy (non-hydrogen) atoms. The lowest BCUT2D eigenvalue weighted by molar-refractivity contribution is 0.151. The first-order chi connectivity index (χ1) is 8.25. The average Bonchev–Trinajstić information content (AvgIpc) is 2.38. The summed E-state index contributed by atoms with van der Waals surface area (Å²) in [5.41, 5.74) is 1.24. The van der Waals surface area contributed by atoms with Gasteiger partial charge in [-0.1, -0.05) is 24.3 Å². The fourth-order valence-corrected chi connectivity index (χ4v) is 2.05. The maximum absolute atomic E-state index is 12.4. The molecule has 1 heterocycles. The molecule has 0 aromatic heterocycles. The van der Waals surface area contributed by atoms with Crippen LogP contribution in [0.25, 0.3) is 0 Å². The van der Waals surface area contributed by atoms with Crippen LogP contribution in [0, 0.1) is 0 Å². The maximum atomic E-state index is 12.4. The number of alkyl halides is 2. The number of rotatable bonds is 4. The van der Waals surface area contributed by atoms with Crippen molar-refractivity contribution >= 4 is 0 Å². The van der Waals surface area contributed by atoms with Gasteiger partial charge >= 0.3 is 0 Å². The van der Waals surface area contributed by atoms with Crippen molar-refractivity contribution in [3.8, 4) is 0 Å². The Labute approximate surface area is 101 Å². The molecule has 2 rings (SSSR count). The molecule has 1 aliphatic heterocycles. The van der Waals surface area contributed by atoms with Crippen LogP contribution in [-0.2, 0) is 6.42 Å². The van der Waals surface area contributed by atoms with E-state index in [1.807, 2.05) is 12.1 Å². The van der Waals surface area contributed by atoms with E-state index in [0.29, 0.717) is 0 Å². The van der Waals surface area contributed by atoms with Crippen molar-refractivity contribution in [2.24, 2.45) is 0 Å². The molecule has 0 saturated carbocycles. The zero-order valence-corrected chi connectivity index (χ0v) is 9.83. The molecule has 1 fully saturated rings. The molecule has 1 aromatic carbocycles. The standard InChI is InChI=1S/C13H18F2N2/c14-13(15)12-3-1-11(2-4-12)5-8-17-9-6-16-7-10-17/h1-4,13,16H,5-10H2. The summed E-state index contributed by atoms with van der Waals surface area (Å²) in [6.45, 7) is 5.26. The predicted octanol–water partition coefficient (Wildman–Crippen LogP) is 2.07. The summed E-state index contributed by atoms with van der Waals surface area (Å²) in [5, 5.41) is 3.31. The molecule has 0 atom stereocenters. The van der Waals surface area contributed by atoms with Crippen molar-refractivity contribution in [2.45, 2.75) is 12.8 Å². The lowest BCUT2D eigenvalue weighted by Gasteiger charge is -2.27. The molecule has 0 aliphatic carbocycles. The van der Waals surface area contributed by atoms with Gasteiger partial charge in [0.2, 0.25) is 0 Å². The van der Waals surface area contributed by atoms with Gasteiger partial charge in [-0.3, -0.25) is 0 Å². The van der Waals surface area contributed by atoms with Gasteiger partial charge in [0.25, 0.3) is 6.43 Å². The third kappa shape index (κ3) is 3.75. The summed E-state index contributed by atoms with van der Waals surface area (Å²) in [4.78, 5) is 2.40. The SMILES string of the molecule is FC(F)c1ccc(CCN2CCNCC2)cc1. The number of piperazine rings is 1. The molecule has 1 aliphatic rings. The molecule has 1 saturated heterocycles. The lowest BCUT2D eigenvalue weighted by Crippen LogP contribution is -2.44. The van der Waals surface area contributed by atoms with E-state index in [2.05, 4.69) is 10.2 Å². The van der Waals surface area contributed by atoms with Crippen LogP contribution in [0.2, 0.25) is 0 Å². The highest BCUT2D eigenvalue weighted by molar-refractivity contribution is 5.23. The van der Waals surface area contributed by atoms with Crippen LogP contribution in [0.3, 0.4) is 0 Å². The molecule has 2 nitrogen and oxygen atoms in total. The Morgan fingerprint density at radius 1 is 1.12 bits per heavy atom. The van der Waals surface area contributed by atoms with Gasteiger partial charge in [0, 0.05) is 38.3 Å². The van der Waals surface area contributed by atoms with Crippen LogP contribution in [0.4, 0.5) is 8.78 Å². The Morgan fingerprint density at radius 3 is 2.35 bits per heavy atom. The van der Waals surface area contributed by atoms with Crippen molar-refractivity contribution in [1.82, 2.24) is 10.2 Å². The van der Waals surface area contributed by atoms with Crippen LogP contribution < -0.4 is 5.32 Å². The number of benzene rings is 1. The third-order valence-corrected chi connectivity index (χ3v) is 3.16. The number of hydrogen-bond acceptors (Lipinski definition) is 2. The smallest absolute Gasteiger partial charge is 0.263 e. The summed E-state index contributed by atoms with van der Waals surface area (Å²) in [6.07, 6.45) is -1.43. The highest BCUT2D eigenvalue weighted by Gasteiger charge is 2.09. The second-order valence-electron chi connectivity index (χ2n) is 4.38. The van der Waals surface area contributed by atoms with Crippen molar-refractivity contribution in [2.75, 3.05) is 32.7 Å². The van der Waals surface area contributed by atoms with E-state index in [1.165, 1.54) is 12.1 Å². The third-order valence-electron chi connectivity index (χ3n) is 3.16. The molecular weight excluding hydrogens is 222 g/mol. The molecule has 1 N–H and O–H groups in total. The summed E-state index contributed by atoms with van der Waals surface area (Å²) in [6, 6.07) is 6.67. The lowest BCUT2D eigenvalue weighted by atomic mass is 10.1. The molecule has 0 amide bonds. The van der Waals surface area contributed by atoms with E-state index in [-0.39, 0.29) is 5.56 Å². The number of hydrogen-bond donors (Lipinski definition) is 1. The first kappa shape index (κ1) is 12.5. The summed E-state index contributed by atoms with van der Waals surface area (Å²) in [7, 11) is 0. The van der Waals surface area contributed by atoms with Gasteiger partial charge in [-0.05, 0) is 12.0 Å². The van der Waals surface area contributed by atoms with Gasteiger partial charge < -0.3 is 10.2 Å². The number of nitrogens with zero attached hydrogens (tertiary/aromatic N) is 1. The number of halogens is 2. The Hall–Kier alpha value is -1.00. The average molecular weight is 240 g/mol. The van der Waals surface area contributed by atoms with Crippen molar-refractivity contribution in [1.29, 1.82) is 0 Å².